The first kappa shape index (κ1) is 13.5. The molecule has 1 rings (SSSR count). The van der Waals surface area contributed by atoms with Gasteiger partial charge in [-0.1, -0.05) is 26.2 Å². The Morgan fingerprint density at radius 2 is 1.75 bits per heavy atom. The maximum absolute atomic E-state index is 10.9. The molecule has 0 radical (unpaired) electrons. The molecule has 2 N–H and O–H groups in total. The smallest absolute Gasteiger partial charge is 0.307 e. The molecule has 0 spiro atoms. The van der Waals surface area contributed by atoms with Gasteiger partial charge in [-0.05, 0) is 32.6 Å². The lowest BCUT2D eigenvalue weighted by Crippen LogP contribution is -2.44. The molecule has 3 heteroatoms. The molecular weight excluding hydrogens is 202 g/mol. The van der Waals surface area contributed by atoms with Crippen molar-refractivity contribution in [2.24, 2.45) is 11.8 Å². The summed E-state index contributed by atoms with van der Waals surface area (Å²) in [6.07, 6.45) is 6.62. The van der Waals surface area contributed by atoms with E-state index in [1.54, 1.807) is 6.92 Å². The van der Waals surface area contributed by atoms with Crippen molar-refractivity contribution in [2.75, 3.05) is 0 Å². The molecule has 2 unspecified atom stereocenters. The Morgan fingerprint density at radius 1 is 1.19 bits per heavy atom. The van der Waals surface area contributed by atoms with Gasteiger partial charge in [-0.25, -0.2) is 0 Å². The molecule has 0 saturated heterocycles. The summed E-state index contributed by atoms with van der Waals surface area (Å²) in [6.45, 7) is 5.94. The highest BCUT2D eigenvalue weighted by Gasteiger charge is 2.25. The predicted octanol–water partition coefficient (Wildman–Crippen LogP) is 2.65. The van der Waals surface area contributed by atoms with E-state index in [9.17, 15) is 4.79 Å². The minimum Gasteiger partial charge on any atom is -0.481 e. The molecule has 94 valence electrons. The fraction of sp³-hybridized carbons (Fsp3) is 0.923. The van der Waals surface area contributed by atoms with Gasteiger partial charge in [-0.2, -0.15) is 0 Å². The van der Waals surface area contributed by atoms with Gasteiger partial charge in [0, 0.05) is 12.1 Å². The van der Waals surface area contributed by atoms with Crippen LogP contribution in [0.5, 0.6) is 0 Å². The third-order valence-corrected chi connectivity index (χ3v) is 4.02. The average Bonchev–Trinajstić information content (AvgIpc) is 2.28. The van der Waals surface area contributed by atoms with Gasteiger partial charge < -0.3 is 10.4 Å². The molecule has 1 saturated carbocycles. The molecule has 0 aliphatic heterocycles. The maximum atomic E-state index is 10.9. The van der Waals surface area contributed by atoms with E-state index < -0.39 is 5.97 Å². The van der Waals surface area contributed by atoms with Crippen molar-refractivity contribution >= 4 is 5.97 Å². The Hall–Kier alpha value is -0.570. The number of aliphatic carboxylic acids is 1. The maximum Gasteiger partial charge on any atom is 0.307 e. The highest BCUT2D eigenvalue weighted by Crippen LogP contribution is 2.26. The second-order valence-corrected chi connectivity index (χ2v) is 5.27. The summed E-state index contributed by atoms with van der Waals surface area (Å²) in [6, 6.07) is 0.492. The average molecular weight is 227 g/mol. The third-order valence-electron chi connectivity index (χ3n) is 4.02. The fourth-order valence-electron chi connectivity index (χ4n) is 2.54. The third kappa shape index (κ3) is 3.78. The van der Waals surface area contributed by atoms with Crippen molar-refractivity contribution in [1.82, 2.24) is 5.32 Å². The normalized spacial score (nSPS) is 23.7. The first-order valence-corrected chi connectivity index (χ1v) is 6.51. The van der Waals surface area contributed by atoms with Gasteiger partial charge in [0.05, 0.1) is 5.92 Å². The zero-order valence-corrected chi connectivity index (χ0v) is 10.7. The second kappa shape index (κ2) is 6.24. The summed E-state index contributed by atoms with van der Waals surface area (Å²) in [7, 11) is 0. The molecule has 1 aliphatic rings. The van der Waals surface area contributed by atoms with E-state index in [1.807, 2.05) is 6.92 Å². The predicted molar refractivity (Wildman–Crippen MR) is 65.4 cm³/mol. The van der Waals surface area contributed by atoms with Crippen LogP contribution in [0.3, 0.4) is 0 Å². The largest absolute Gasteiger partial charge is 0.481 e. The quantitative estimate of drug-likeness (QED) is 0.759. The molecule has 1 fully saturated rings. The molecule has 1 aliphatic carbocycles. The first-order valence-electron chi connectivity index (χ1n) is 6.51. The molecule has 0 heterocycles. The van der Waals surface area contributed by atoms with Crippen molar-refractivity contribution in [3.63, 3.8) is 0 Å². The standard InChI is InChI=1S/C13H25NO2/c1-9(13(15)16)10(2)14-11(3)12-7-5-4-6-8-12/h9-12,14H,4-8H2,1-3H3,(H,15,16)/t9?,10?,11-/m0/s1. The van der Waals surface area contributed by atoms with Gasteiger partial charge in [0.2, 0.25) is 0 Å². The summed E-state index contributed by atoms with van der Waals surface area (Å²) in [5.41, 5.74) is 0. The number of hydrogen-bond donors (Lipinski definition) is 2. The van der Waals surface area contributed by atoms with Crippen LogP contribution >= 0.6 is 0 Å². The lowest BCUT2D eigenvalue weighted by molar-refractivity contribution is -0.142. The van der Waals surface area contributed by atoms with E-state index in [-0.39, 0.29) is 12.0 Å². The molecular formula is C13H25NO2. The van der Waals surface area contributed by atoms with Crippen LogP contribution in [0.2, 0.25) is 0 Å². The van der Waals surface area contributed by atoms with Crippen LogP contribution in [0, 0.1) is 11.8 Å². The summed E-state index contributed by atoms with van der Waals surface area (Å²) in [5, 5.41) is 12.4. The van der Waals surface area contributed by atoms with Crippen molar-refractivity contribution in [2.45, 2.75) is 65.0 Å². The molecule has 0 aromatic carbocycles. The molecule has 3 atom stereocenters. The molecule has 3 nitrogen and oxygen atoms in total. The lowest BCUT2D eigenvalue weighted by Gasteiger charge is -2.31. The number of hydrogen-bond acceptors (Lipinski definition) is 2. The molecule has 16 heavy (non-hydrogen) atoms. The highest BCUT2D eigenvalue weighted by molar-refractivity contribution is 5.70. The van der Waals surface area contributed by atoms with E-state index in [4.69, 9.17) is 5.11 Å². The molecule has 0 aromatic rings. The van der Waals surface area contributed by atoms with Crippen LogP contribution in [0.15, 0.2) is 0 Å². The monoisotopic (exact) mass is 227 g/mol. The fourth-order valence-corrected chi connectivity index (χ4v) is 2.54. The summed E-state index contributed by atoms with van der Waals surface area (Å²) in [4.78, 5) is 10.9. The number of nitrogens with one attached hydrogen (secondary N) is 1. The van der Waals surface area contributed by atoms with Crippen molar-refractivity contribution in [3.8, 4) is 0 Å². The number of carbonyl (C=O) groups is 1. The van der Waals surface area contributed by atoms with E-state index in [0.717, 1.165) is 5.92 Å². The van der Waals surface area contributed by atoms with Crippen LogP contribution in [-0.2, 0) is 4.79 Å². The van der Waals surface area contributed by atoms with Crippen LogP contribution in [0.1, 0.15) is 52.9 Å². The van der Waals surface area contributed by atoms with E-state index >= 15 is 0 Å². The molecule has 0 aromatic heterocycles. The van der Waals surface area contributed by atoms with Crippen molar-refractivity contribution in [1.29, 1.82) is 0 Å². The first-order chi connectivity index (χ1) is 7.52. The van der Waals surface area contributed by atoms with Crippen LogP contribution in [0.25, 0.3) is 0 Å². The number of rotatable bonds is 5. The zero-order valence-electron chi connectivity index (χ0n) is 10.7. The Morgan fingerprint density at radius 3 is 2.25 bits per heavy atom. The number of carboxylic acids is 1. The van der Waals surface area contributed by atoms with Crippen LogP contribution < -0.4 is 5.32 Å². The van der Waals surface area contributed by atoms with E-state index in [2.05, 4.69) is 12.2 Å². The Bertz CT molecular complexity index is 224. The number of carboxylic acid groups (broad SMARTS) is 1. The Labute approximate surface area is 98.6 Å². The molecule has 0 amide bonds. The van der Waals surface area contributed by atoms with Gasteiger partial charge >= 0.3 is 5.97 Å². The Balaban J connectivity index is 2.37. The van der Waals surface area contributed by atoms with Gasteiger partial charge in [0.25, 0.3) is 0 Å². The zero-order chi connectivity index (χ0) is 12.1. The lowest BCUT2D eigenvalue weighted by atomic mass is 9.84. The summed E-state index contributed by atoms with van der Waals surface area (Å²) >= 11 is 0. The minimum atomic E-state index is -0.712. The van der Waals surface area contributed by atoms with Crippen molar-refractivity contribution < 1.29 is 9.90 Å². The summed E-state index contributed by atoms with van der Waals surface area (Å²) < 4.78 is 0. The Kier molecular flexibility index (Phi) is 5.26. The SMILES string of the molecule is CC(N[C@@H](C)C1CCCCC1)C(C)C(=O)O. The minimum absolute atomic E-state index is 0.0504. The van der Waals surface area contributed by atoms with Gasteiger partial charge in [0.1, 0.15) is 0 Å². The van der Waals surface area contributed by atoms with Gasteiger partial charge in [0.15, 0.2) is 0 Å². The van der Waals surface area contributed by atoms with E-state index in [1.165, 1.54) is 32.1 Å². The van der Waals surface area contributed by atoms with Gasteiger partial charge in [-0.15, -0.1) is 0 Å². The molecule has 0 bridgehead atoms. The van der Waals surface area contributed by atoms with Crippen LogP contribution in [0.4, 0.5) is 0 Å². The topological polar surface area (TPSA) is 49.3 Å². The van der Waals surface area contributed by atoms with Crippen LogP contribution in [-0.4, -0.2) is 23.2 Å². The van der Waals surface area contributed by atoms with E-state index in [0.29, 0.717) is 6.04 Å². The van der Waals surface area contributed by atoms with Crippen molar-refractivity contribution in [3.05, 3.63) is 0 Å². The van der Waals surface area contributed by atoms with Gasteiger partial charge in [-0.3, -0.25) is 4.79 Å². The highest BCUT2D eigenvalue weighted by atomic mass is 16.4. The summed E-state index contributed by atoms with van der Waals surface area (Å²) in [5.74, 6) is -0.293. The second-order valence-electron chi connectivity index (χ2n) is 5.27.